The summed E-state index contributed by atoms with van der Waals surface area (Å²) in [7, 11) is 1.58. The molecule has 0 aliphatic carbocycles. The average Bonchev–Trinajstić information content (AvgIpc) is 2.17. The van der Waals surface area contributed by atoms with Gasteiger partial charge >= 0.3 is 0 Å². The number of ether oxygens (including phenoxy) is 1. The summed E-state index contributed by atoms with van der Waals surface area (Å²) in [5, 5.41) is 11.8. The van der Waals surface area contributed by atoms with E-state index in [1.54, 1.807) is 7.11 Å². The second kappa shape index (κ2) is 7.65. The maximum Gasteiger partial charge on any atom is 0.225 e. The zero-order chi connectivity index (χ0) is 11.8. The number of amides is 1. The minimum atomic E-state index is -0.144. The van der Waals surface area contributed by atoms with Crippen molar-refractivity contribution in [1.29, 1.82) is 0 Å². The van der Waals surface area contributed by atoms with Gasteiger partial charge in [-0.15, -0.1) is 0 Å². The monoisotopic (exact) mass is 217 g/mol. The van der Waals surface area contributed by atoms with Gasteiger partial charge in [-0.2, -0.15) is 0 Å². The van der Waals surface area contributed by atoms with Gasteiger partial charge in [-0.25, -0.2) is 0 Å². The number of carbonyl (C=O) groups is 1. The van der Waals surface area contributed by atoms with Gasteiger partial charge < -0.3 is 15.2 Å². The van der Waals surface area contributed by atoms with Crippen molar-refractivity contribution in [1.82, 2.24) is 5.32 Å². The molecule has 0 aromatic carbocycles. The van der Waals surface area contributed by atoms with Gasteiger partial charge in [0, 0.05) is 19.8 Å². The molecule has 2 N–H and O–H groups in total. The minimum Gasteiger partial charge on any atom is -0.396 e. The maximum absolute atomic E-state index is 11.6. The molecule has 4 nitrogen and oxygen atoms in total. The van der Waals surface area contributed by atoms with Gasteiger partial charge in [-0.3, -0.25) is 4.79 Å². The highest BCUT2D eigenvalue weighted by Gasteiger charge is 2.19. The number of rotatable bonds is 7. The summed E-state index contributed by atoms with van der Waals surface area (Å²) in [6.07, 6.45) is 0.600. The van der Waals surface area contributed by atoms with E-state index in [1.165, 1.54) is 0 Å². The first kappa shape index (κ1) is 14.4. The molecule has 0 saturated heterocycles. The lowest BCUT2D eigenvalue weighted by Gasteiger charge is -2.23. The molecule has 0 rings (SSSR count). The number of aliphatic hydroxyl groups is 1. The molecular formula is C11H23NO3. The van der Waals surface area contributed by atoms with Crippen LogP contribution in [0.4, 0.5) is 0 Å². The Morgan fingerprint density at radius 1 is 1.40 bits per heavy atom. The largest absolute Gasteiger partial charge is 0.396 e. The predicted molar refractivity (Wildman–Crippen MR) is 59.5 cm³/mol. The van der Waals surface area contributed by atoms with Crippen LogP contribution in [0, 0.1) is 11.8 Å². The molecule has 2 unspecified atom stereocenters. The topological polar surface area (TPSA) is 58.6 Å². The Hall–Kier alpha value is -0.610. The molecule has 0 spiro atoms. The summed E-state index contributed by atoms with van der Waals surface area (Å²) < 4.78 is 4.92. The number of carbonyl (C=O) groups excluding carboxylic acids is 1. The lowest BCUT2D eigenvalue weighted by molar-refractivity contribution is -0.127. The second-order valence-electron chi connectivity index (χ2n) is 4.23. The van der Waals surface area contributed by atoms with Gasteiger partial charge in [-0.1, -0.05) is 20.8 Å². The first-order valence-electron chi connectivity index (χ1n) is 5.43. The van der Waals surface area contributed by atoms with Crippen molar-refractivity contribution >= 4 is 5.91 Å². The zero-order valence-electron chi connectivity index (χ0n) is 10.1. The van der Waals surface area contributed by atoms with Crippen molar-refractivity contribution in [3.8, 4) is 0 Å². The van der Waals surface area contributed by atoms with E-state index in [9.17, 15) is 4.79 Å². The molecule has 0 radical (unpaired) electrons. The van der Waals surface area contributed by atoms with Crippen LogP contribution in [-0.2, 0) is 9.53 Å². The number of hydrogen-bond donors (Lipinski definition) is 2. The third kappa shape index (κ3) is 5.74. The number of aliphatic hydroxyl groups excluding tert-OH is 1. The van der Waals surface area contributed by atoms with Gasteiger partial charge in [0.1, 0.15) is 0 Å². The van der Waals surface area contributed by atoms with Crippen LogP contribution in [0.5, 0.6) is 0 Å². The standard InChI is InChI=1S/C11H23NO3/c1-8(2)10(5-6-13)12-11(14)9(3)7-15-4/h8-10,13H,5-7H2,1-4H3,(H,12,14). The summed E-state index contributed by atoms with van der Waals surface area (Å²) in [6.45, 7) is 6.41. The van der Waals surface area contributed by atoms with Crippen molar-refractivity contribution < 1.29 is 14.6 Å². The van der Waals surface area contributed by atoms with Crippen LogP contribution in [0.15, 0.2) is 0 Å². The number of nitrogens with one attached hydrogen (secondary N) is 1. The predicted octanol–water partition coefficient (Wildman–Crippen LogP) is 0.792. The molecule has 0 aliphatic rings. The molecule has 4 heteroatoms. The van der Waals surface area contributed by atoms with E-state index in [0.29, 0.717) is 18.9 Å². The van der Waals surface area contributed by atoms with Crippen molar-refractivity contribution in [2.75, 3.05) is 20.3 Å². The molecule has 0 aromatic rings. The Morgan fingerprint density at radius 3 is 2.40 bits per heavy atom. The van der Waals surface area contributed by atoms with Crippen LogP contribution < -0.4 is 5.32 Å². The normalized spacial score (nSPS) is 15.1. The molecular weight excluding hydrogens is 194 g/mol. The van der Waals surface area contributed by atoms with Gasteiger partial charge in [0.05, 0.1) is 12.5 Å². The zero-order valence-corrected chi connectivity index (χ0v) is 10.1. The first-order valence-corrected chi connectivity index (χ1v) is 5.43. The summed E-state index contributed by atoms with van der Waals surface area (Å²) in [5.74, 6) is 0.176. The molecule has 15 heavy (non-hydrogen) atoms. The minimum absolute atomic E-state index is 0.0102. The summed E-state index contributed by atoms with van der Waals surface area (Å²) in [4.78, 5) is 11.6. The molecule has 90 valence electrons. The van der Waals surface area contributed by atoms with Crippen LogP contribution in [-0.4, -0.2) is 37.4 Å². The lowest BCUT2D eigenvalue weighted by Crippen LogP contribution is -2.42. The smallest absolute Gasteiger partial charge is 0.225 e. The first-order chi connectivity index (χ1) is 7.02. The molecule has 2 atom stereocenters. The van der Waals surface area contributed by atoms with E-state index in [0.717, 1.165) is 0 Å². The number of hydrogen-bond acceptors (Lipinski definition) is 3. The maximum atomic E-state index is 11.6. The molecule has 0 aliphatic heterocycles. The third-order valence-corrected chi connectivity index (χ3v) is 2.44. The Balaban J connectivity index is 4.09. The van der Waals surface area contributed by atoms with E-state index in [4.69, 9.17) is 9.84 Å². The highest BCUT2D eigenvalue weighted by atomic mass is 16.5. The summed E-state index contributed by atoms with van der Waals surface area (Å²) in [5.41, 5.74) is 0. The van der Waals surface area contributed by atoms with E-state index in [1.807, 2.05) is 20.8 Å². The summed E-state index contributed by atoms with van der Waals surface area (Å²) >= 11 is 0. The Kier molecular flexibility index (Phi) is 7.34. The highest BCUT2D eigenvalue weighted by Crippen LogP contribution is 2.07. The fourth-order valence-electron chi connectivity index (χ4n) is 1.36. The number of methoxy groups -OCH3 is 1. The van der Waals surface area contributed by atoms with Crippen LogP contribution >= 0.6 is 0 Å². The molecule has 0 heterocycles. The fraction of sp³-hybridized carbons (Fsp3) is 0.909. The average molecular weight is 217 g/mol. The van der Waals surface area contributed by atoms with Crippen molar-refractivity contribution in [2.24, 2.45) is 11.8 Å². The van der Waals surface area contributed by atoms with Gasteiger partial charge in [-0.05, 0) is 12.3 Å². The second-order valence-corrected chi connectivity index (χ2v) is 4.23. The van der Waals surface area contributed by atoms with E-state index in [2.05, 4.69) is 5.32 Å². The molecule has 1 amide bonds. The van der Waals surface area contributed by atoms with E-state index in [-0.39, 0.29) is 24.5 Å². The third-order valence-electron chi connectivity index (χ3n) is 2.44. The molecule has 0 bridgehead atoms. The van der Waals surface area contributed by atoms with E-state index >= 15 is 0 Å². The van der Waals surface area contributed by atoms with Crippen molar-refractivity contribution in [3.63, 3.8) is 0 Å². The lowest BCUT2D eigenvalue weighted by atomic mass is 10.0. The SMILES string of the molecule is COCC(C)C(=O)NC(CCO)C(C)C. The van der Waals surface area contributed by atoms with E-state index < -0.39 is 0 Å². The van der Waals surface area contributed by atoms with Crippen LogP contribution in [0.2, 0.25) is 0 Å². The van der Waals surface area contributed by atoms with Crippen LogP contribution in [0.25, 0.3) is 0 Å². The molecule has 0 fully saturated rings. The van der Waals surface area contributed by atoms with Gasteiger partial charge in [0.15, 0.2) is 0 Å². The van der Waals surface area contributed by atoms with Crippen LogP contribution in [0.3, 0.4) is 0 Å². The Labute approximate surface area is 92.0 Å². The Morgan fingerprint density at radius 2 is 2.00 bits per heavy atom. The highest BCUT2D eigenvalue weighted by molar-refractivity contribution is 5.78. The summed E-state index contributed by atoms with van der Waals surface area (Å²) in [6, 6.07) is 0.0433. The van der Waals surface area contributed by atoms with Gasteiger partial charge in [0.2, 0.25) is 5.91 Å². The fourth-order valence-corrected chi connectivity index (χ4v) is 1.36. The van der Waals surface area contributed by atoms with Gasteiger partial charge in [0.25, 0.3) is 0 Å². The van der Waals surface area contributed by atoms with Crippen molar-refractivity contribution in [3.05, 3.63) is 0 Å². The molecule has 0 aromatic heterocycles. The van der Waals surface area contributed by atoms with Crippen LogP contribution in [0.1, 0.15) is 27.2 Å². The quantitative estimate of drug-likeness (QED) is 0.663. The van der Waals surface area contributed by atoms with Crippen molar-refractivity contribution in [2.45, 2.75) is 33.2 Å². The molecule has 0 saturated carbocycles. The Bertz CT molecular complexity index is 183.